The van der Waals surface area contributed by atoms with Gasteiger partial charge in [-0.1, -0.05) is 12.1 Å². The molecule has 46 heavy (non-hydrogen) atoms. The average molecular weight is 619 g/mol. The molecule has 5 rings (SSSR count). The number of hydrogen-bond acceptors (Lipinski definition) is 6. The molecule has 220 valence electrons. The maximum atomic E-state index is 13.8. The minimum atomic E-state index is -4.89. The van der Waals surface area contributed by atoms with Gasteiger partial charge >= 0.3 is 12.4 Å². The van der Waals surface area contributed by atoms with Crippen molar-refractivity contribution in [2.75, 3.05) is 0 Å². The van der Waals surface area contributed by atoms with Crippen molar-refractivity contribution in [3.8, 4) is 69.8 Å². The molecule has 0 saturated carbocycles. The minimum Gasteiger partial charge on any atom is -0.197 e. The molecule has 0 bridgehead atoms. The lowest BCUT2D eigenvalue weighted by molar-refractivity contribution is -0.138. The summed E-state index contributed by atoms with van der Waals surface area (Å²) in [5.74, 6) is -2.46. The molecule has 1 aliphatic carbocycles. The van der Waals surface area contributed by atoms with Crippen LogP contribution in [0.2, 0.25) is 0 Å². The molecule has 0 aliphatic heterocycles. The van der Waals surface area contributed by atoms with Crippen molar-refractivity contribution in [1.29, 1.82) is 31.6 Å². The Bertz CT molecular complexity index is 2070. The quantitative estimate of drug-likeness (QED) is 0.211. The molecular formula is C34H12F6N6. The molecule has 0 aromatic heterocycles. The van der Waals surface area contributed by atoms with Crippen LogP contribution < -0.4 is 0 Å². The number of nitriles is 6. The van der Waals surface area contributed by atoms with E-state index in [0.29, 0.717) is 11.1 Å². The second-order valence-corrected chi connectivity index (χ2v) is 10.1. The van der Waals surface area contributed by atoms with E-state index in [4.69, 9.17) is 0 Å². The van der Waals surface area contributed by atoms with Crippen molar-refractivity contribution in [3.63, 3.8) is 0 Å². The molecule has 4 aromatic rings. The van der Waals surface area contributed by atoms with Gasteiger partial charge in [0.1, 0.15) is 5.92 Å². The number of fused-ring (bicyclic) bond motifs is 3. The van der Waals surface area contributed by atoms with Crippen LogP contribution in [0.5, 0.6) is 0 Å². The van der Waals surface area contributed by atoms with Gasteiger partial charge < -0.3 is 0 Å². The first-order valence-electron chi connectivity index (χ1n) is 13.0. The van der Waals surface area contributed by atoms with Crippen LogP contribution in [0, 0.1) is 73.9 Å². The standard InChI is InChI=1S/C34H12F6N6/c35-33(36,37)30-7-17(1-3-19(30)11-41)24-9-28-26(5-21(24)13-43)27-6-22(14-44)25(10-29(27)32(28)23(15-45)16-46)18-2-4-20(12-42)31(8-18)34(38,39)40/h1-10,23,32H. The first-order valence-corrected chi connectivity index (χ1v) is 13.0. The van der Waals surface area contributed by atoms with Gasteiger partial charge in [0.15, 0.2) is 0 Å². The monoisotopic (exact) mass is 618 g/mol. The second kappa shape index (κ2) is 11.2. The molecule has 0 saturated heterocycles. The predicted molar refractivity (Wildman–Crippen MR) is 148 cm³/mol. The Morgan fingerprint density at radius 2 is 0.848 bits per heavy atom. The highest BCUT2D eigenvalue weighted by atomic mass is 19.4. The summed E-state index contributed by atoms with van der Waals surface area (Å²) in [7, 11) is 0. The zero-order valence-electron chi connectivity index (χ0n) is 22.9. The zero-order chi connectivity index (χ0) is 33.6. The van der Waals surface area contributed by atoms with Crippen molar-refractivity contribution in [2.45, 2.75) is 18.3 Å². The maximum absolute atomic E-state index is 13.8. The molecule has 0 N–H and O–H groups in total. The van der Waals surface area contributed by atoms with E-state index >= 15 is 0 Å². The molecule has 12 heteroatoms. The third-order valence-electron chi connectivity index (χ3n) is 7.70. The van der Waals surface area contributed by atoms with Crippen molar-refractivity contribution in [2.24, 2.45) is 5.92 Å². The number of benzene rings is 4. The van der Waals surface area contributed by atoms with E-state index in [1.807, 2.05) is 24.3 Å². The largest absolute Gasteiger partial charge is 0.417 e. The van der Waals surface area contributed by atoms with Gasteiger partial charge in [0.25, 0.3) is 0 Å². The highest BCUT2D eigenvalue weighted by Crippen LogP contribution is 2.52. The highest BCUT2D eigenvalue weighted by Gasteiger charge is 2.39. The Morgan fingerprint density at radius 1 is 0.478 bits per heavy atom. The van der Waals surface area contributed by atoms with Gasteiger partial charge in [-0.15, -0.1) is 0 Å². The fourth-order valence-electron chi connectivity index (χ4n) is 5.67. The summed E-state index contributed by atoms with van der Waals surface area (Å²) in [5, 5.41) is 58.1. The van der Waals surface area contributed by atoms with Gasteiger partial charge in [-0.2, -0.15) is 57.9 Å². The van der Waals surface area contributed by atoms with Crippen LogP contribution in [0.3, 0.4) is 0 Å². The van der Waals surface area contributed by atoms with Crippen molar-refractivity contribution in [1.82, 2.24) is 0 Å². The topological polar surface area (TPSA) is 143 Å². The average Bonchev–Trinajstić information content (AvgIpc) is 3.34. The first kappa shape index (κ1) is 30.8. The molecule has 6 nitrogen and oxygen atoms in total. The van der Waals surface area contributed by atoms with Gasteiger partial charge in [-0.3, -0.25) is 0 Å². The fraction of sp³-hybridized carbons (Fsp3) is 0.118. The summed E-state index contributed by atoms with van der Waals surface area (Å²) in [6.07, 6.45) is -9.78. The van der Waals surface area contributed by atoms with Gasteiger partial charge in [0.2, 0.25) is 0 Å². The molecule has 0 atom stereocenters. The number of alkyl halides is 6. The molecule has 0 spiro atoms. The third-order valence-corrected chi connectivity index (χ3v) is 7.70. The van der Waals surface area contributed by atoms with E-state index in [1.165, 1.54) is 48.5 Å². The summed E-state index contributed by atoms with van der Waals surface area (Å²) < 4.78 is 82.6. The summed E-state index contributed by atoms with van der Waals surface area (Å²) in [5.41, 5.74) is -2.85. The van der Waals surface area contributed by atoms with E-state index in [0.717, 1.165) is 24.3 Å². The van der Waals surface area contributed by atoms with E-state index in [9.17, 15) is 57.9 Å². The molecule has 1 aliphatic rings. The lowest BCUT2D eigenvalue weighted by Gasteiger charge is -2.17. The van der Waals surface area contributed by atoms with Crippen LogP contribution >= 0.6 is 0 Å². The minimum absolute atomic E-state index is 0.0197. The lowest BCUT2D eigenvalue weighted by Crippen LogP contribution is -2.10. The molecule has 0 heterocycles. The molecule has 0 fully saturated rings. The summed E-state index contributed by atoms with van der Waals surface area (Å²) >= 11 is 0. The number of rotatable bonds is 3. The molecule has 0 radical (unpaired) electrons. The van der Waals surface area contributed by atoms with Gasteiger partial charge in [0, 0.05) is 5.92 Å². The zero-order valence-corrected chi connectivity index (χ0v) is 22.9. The Morgan fingerprint density at radius 3 is 1.15 bits per heavy atom. The van der Waals surface area contributed by atoms with E-state index < -0.39 is 46.4 Å². The van der Waals surface area contributed by atoms with Crippen molar-refractivity contribution < 1.29 is 26.3 Å². The van der Waals surface area contributed by atoms with Crippen LogP contribution in [0.1, 0.15) is 50.4 Å². The Kier molecular flexibility index (Phi) is 7.48. The SMILES string of the molecule is N#Cc1cc2c(cc1-c1ccc(C#N)c(C(F)(F)F)c1)C(C(C#N)C#N)c1cc(-c3ccc(C#N)c(C(F)(F)F)c3)c(C#N)cc1-2. The smallest absolute Gasteiger partial charge is 0.197 e. The Balaban J connectivity index is 1.79. The number of hydrogen-bond donors (Lipinski definition) is 0. The normalized spacial score (nSPS) is 12.1. The first-order chi connectivity index (χ1) is 21.8. The van der Waals surface area contributed by atoms with Gasteiger partial charge in [-0.25, -0.2) is 0 Å². The Hall–Kier alpha value is -6.60. The van der Waals surface area contributed by atoms with E-state index in [1.54, 1.807) is 0 Å². The van der Waals surface area contributed by atoms with Crippen molar-refractivity contribution in [3.05, 3.63) is 105 Å². The van der Waals surface area contributed by atoms with Gasteiger partial charge in [0.05, 0.1) is 69.8 Å². The van der Waals surface area contributed by atoms with Crippen molar-refractivity contribution >= 4 is 0 Å². The second-order valence-electron chi connectivity index (χ2n) is 10.1. The van der Waals surface area contributed by atoms with Crippen LogP contribution in [-0.4, -0.2) is 0 Å². The van der Waals surface area contributed by atoms with Gasteiger partial charge in [-0.05, 0) is 93.0 Å². The maximum Gasteiger partial charge on any atom is 0.417 e. The summed E-state index contributed by atoms with van der Waals surface area (Å²) in [6, 6.07) is 21.9. The summed E-state index contributed by atoms with van der Waals surface area (Å²) in [6.45, 7) is 0. The predicted octanol–water partition coefficient (Wildman–Crippen LogP) is 8.32. The van der Waals surface area contributed by atoms with E-state index in [-0.39, 0.29) is 44.5 Å². The van der Waals surface area contributed by atoms with Crippen LogP contribution in [0.15, 0.2) is 60.7 Å². The lowest BCUT2D eigenvalue weighted by atomic mass is 9.83. The molecule has 4 aromatic carbocycles. The molecular weight excluding hydrogens is 606 g/mol. The highest BCUT2D eigenvalue weighted by molar-refractivity contribution is 5.89. The third kappa shape index (κ3) is 5.02. The number of halogens is 6. The summed E-state index contributed by atoms with van der Waals surface area (Å²) in [4.78, 5) is 0. The fourth-order valence-corrected chi connectivity index (χ4v) is 5.67. The van der Waals surface area contributed by atoms with Crippen LogP contribution in [-0.2, 0) is 12.4 Å². The number of nitrogens with zero attached hydrogens (tertiary/aromatic N) is 6. The van der Waals surface area contributed by atoms with E-state index in [2.05, 4.69) is 0 Å². The molecule has 0 amide bonds. The van der Waals surface area contributed by atoms with Crippen LogP contribution in [0.4, 0.5) is 26.3 Å². The Labute approximate surface area is 257 Å². The molecule has 0 unspecified atom stereocenters. The van der Waals surface area contributed by atoms with Crippen LogP contribution in [0.25, 0.3) is 33.4 Å².